The Morgan fingerprint density at radius 2 is 1.60 bits per heavy atom. The van der Waals surface area contributed by atoms with Crippen LogP contribution in [0.2, 0.25) is 0 Å². The zero-order valence-electron chi connectivity index (χ0n) is 13.3. The van der Waals surface area contributed by atoms with Crippen molar-refractivity contribution < 1.29 is 18.0 Å². The van der Waals surface area contributed by atoms with Gasteiger partial charge in [0, 0.05) is 25.6 Å². The standard InChI is InChI=1S/C16H16N4O4S/c21-15-5-6-16(22)20(15)12-1-3-14(4-2-12)25(23,24)18-9-10-19-13(11-18)7-8-17-19/h1-4,7-8H,5-6,9-11H2. The summed E-state index contributed by atoms with van der Waals surface area (Å²) in [4.78, 5) is 24.8. The van der Waals surface area contributed by atoms with Crippen LogP contribution in [0.15, 0.2) is 41.4 Å². The lowest BCUT2D eigenvalue weighted by Gasteiger charge is -2.27. The molecule has 1 saturated heterocycles. The SMILES string of the molecule is O=C1CCC(=O)N1c1ccc(S(=O)(=O)N2CCn3nccc3C2)cc1. The van der Waals surface area contributed by atoms with Gasteiger partial charge in [-0.05, 0) is 30.3 Å². The number of aromatic nitrogens is 2. The Morgan fingerprint density at radius 1 is 0.920 bits per heavy atom. The first-order valence-corrected chi connectivity index (χ1v) is 9.37. The van der Waals surface area contributed by atoms with Gasteiger partial charge in [0.1, 0.15) is 0 Å². The monoisotopic (exact) mass is 360 g/mol. The zero-order valence-corrected chi connectivity index (χ0v) is 14.1. The lowest BCUT2D eigenvalue weighted by Crippen LogP contribution is -2.38. The summed E-state index contributed by atoms with van der Waals surface area (Å²) in [5.41, 5.74) is 1.25. The number of hydrogen-bond acceptors (Lipinski definition) is 5. The van der Waals surface area contributed by atoms with E-state index in [9.17, 15) is 18.0 Å². The van der Waals surface area contributed by atoms with Crippen molar-refractivity contribution in [2.75, 3.05) is 11.4 Å². The minimum absolute atomic E-state index is 0.142. The molecule has 0 spiro atoms. The number of anilines is 1. The molecule has 0 aliphatic carbocycles. The fourth-order valence-corrected chi connectivity index (χ4v) is 4.55. The molecule has 2 amide bonds. The third kappa shape index (κ3) is 2.65. The first-order valence-electron chi connectivity index (χ1n) is 7.93. The molecule has 0 N–H and O–H groups in total. The van der Waals surface area contributed by atoms with Gasteiger partial charge in [0.05, 0.1) is 29.4 Å². The maximum Gasteiger partial charge on any atom is 0.243 e. The Morgan fingerprint density at radius 3 is 2.28 bits per heavy atom. The van der Waals surface area contributed by atoms with Crippen molar-refractivity contribution >= 4 is 27.5 Å². The fraction of sp³-hybridized carbons (Fsp3) is 0.312. The van der Waals surface area contributed by atoms with Crippen molar-refractivity contribution in [1.82, 2.24) is 14.1 Å². The van der Waals surface area contributed by atoms with Gasteiger partial charge in [0.15, 0.2) is 0 Å². The summed E-state index contributed by atoms with van der Waals surface area (Å²) in [5, 5.41) is 4.14. The van der Waals surface area contributed by atoms with E-state index < -0.39 is 10.0 Å². The summed E-state index contributed by atoms with van der Waals surface area (Å²) in [5.74, 6) is -0.519. The van der Waals surface area contributed by atoms with Crippen molar-refractivity contribution in [2.45, 2.75) is 30.8 Å². The van der Waals surface area contributed by atoms with E-state index >= 15 is 0 Å². The van der Waals surface area contributed by atoms with Gasteiger partial charge in [-0.2, -0.15) is 9.40 Å². The normalized spacial score (nSPS) is 18.6. The summed E-state index contributed by atoms with van der Waals surface area (Å²) in [7, 11) is -3.65. The van der Waals surface area contributed by atoms with E-state index in [1.165, 1.54) is 28.6 Å². The lowest BCUT2D eigenvalue weighted by molar-refractivity contribution is -0.121. The first-order chi connectivity index (χ1) is 12.0. The van der Waals surface area contributed by atoms with Crippen molar-refractivity contribution in [2.24, 2.45) is 0 Å². The van der Waals surface area contributed by atoms with Crippen LogP contribution in [0.1, 0.15) is 18.5 Å². The highest BCUT2D eigenvalue weighted by Gasteiger charge is 2.32. The van der Waals surface area contributed by atoms with Crippen molar-refractivity contribution in [3.05, 3.63) is 42.2 Å². The van der Waals surface area contributed by atoms with E-state index in [1.54, 1.807) is 16.9 Å². The summed E-state index contributed by atoms with van der Waals surface area (Å²) >= 11 is 0. The highest BCUT2D eigenvalue weighted by atomic mass is 32.2. The topological polar surface area (TPSA) is 92.6 Å². The molecule has 0 unspecified atom stereocenters. The molecule has 0 atom stereocenters. The number of hydrogen-bond donors (Lipinski definition) is 0. The molecule has 3 heterocycles. The van der Waals surface area contributed by atoms with Crippen LogP contribution in [0.5, 0.6) is 0 Å². The number of carbonyl (C=O) groups excluding carboxylic acids is 2. The third-order valence-electron chi connectivity index (χ3n) is 4.49. The Balaban J connectivity index is 1.59. The average Bonchev–Trinajstić information content (AvgIpc) is 3.20. The predicted octanol–water partition coefficient (Wildman–Crippen LogP) is 0.741. The van der Waals surface area contributed by atoms with Crippen molar-refractivity contribution in [1.29, 1.82) is 0 Å². The number of rotatable bonds is 3. The van der Waals surface area contributed by atoms with Gasteiger partial charge in [-0.25, -0.2) is 8.42 Å². The zero-order chi connectivity index (χ0) is 17.6. The minimum atomic E-state index is -3.65. The van der Waals surface area contributed by atoms with Crippen LogP contribution in [0, 0.1) is 0 Å². The molecular formula is C16H16N4O4S. The summed E-state index contributed by atoms with van der Waals surface area (Å²) < 4.78 is 28.9. The Labute approximate surface area is 144 Å². The predicted molar refractivity (Wildman–Crippen MR) is 88.0 cm³/mol. The molecule has 1 aromatic carbocycles. The molecule has 0 saturated carbocycles. The van der Waals surface area contributed by atoms with Gasteiger partial charge in [-0.3, -0.25) is 19.2 Å². The van der Waals surface area contributed by atoms with Gasteiger partial charge in [-0.15, -0.1) is 0 Å². The van der Waals surface area contributed by atoms with Crippen molar-refractivity contribution in [3.8, 4) is 0 Å². The van der Waals surface area contributed by atoms with Gasteiger partial charge < -0.3 is 0 Å². The molecule has 25 heavy (non-hydrogen) atoms. The summed E-state index contributed by atoms with van der Waals surface area (Å²) in [6.45, 7) is 1.13. The Hall–Kier alpha value is -2.52. The highest BCUT2D eigenvalue weighted by Crippen LogP contribution is 2.26. The second-order valence-electron chi connectivity index (χ2n) is 6.00. The molecule has 2 aromatic rings. The molecular weight excluding hydrogens is 344 g/mol. The van der Waals surface area contributed by atoms with E-state index in [2.05, 4.69) is 5.10 Å². The summed E-state index contributed by atoms with van der Waals surface area (Å²) in [6.07, 6.45) is 2.05. The van der Waals surface area contributed by atoms with Gasteiger partial charge >= 0.3 is 0 Å². The number of benzene rings is 1. The van der Waals surface area contributed by atoms with E-state index in [4.69, 9.17) is 0 Å². The molecule has 9 heteroatoms. The lowest BCUT2D eigenvalue weighted by atomic mass is 10.3. The van der Waals surface area contributed by atoms with Gasteiger partial charge in [0.25, 0.3) is 0 Å². The van der Waals surface area contributed by atoms with E-state index in [1.807, 2.05) is 0 Å². The number of amides is 2. The van der Waals surface area contributed by atoms with Crippen LogP contribution in [0.4, 0.5) is 5.69 Å². The average molecular weight is 360 g/mol. The number of sulfonamides is 1. The maximum atomic E-state index is 12.8. The number of nitrogens with zero attached hydrogens (tertiary/aromatic N) is 4. The van der Waals surface area contributed by atoms with E-state index in [-0.39, 0.29) is 36.1 Å². The molecule has 2 aliphatic heterocycles. The molecule has 2 aliphatic rings. The molecule has 0 radical (unpaired) electrons. The van der Waals surface area contributed by atoms with Gasteiger partial charge in [0.2, 0.25) is 21.8 Å². The van der Waals surface area contributed by atoms with Crippen molar-refractivity contribution in [3.63, 3.8) is 0 Å². The van der Waals surface area contributed by atoms with Crippen LogP contribution >= 0.6 is 0 Å². The minimum Gasteiger partial charge on any atom is -0.274 e. The number of carbonyl (C=O) groups is 2. The fourth-order valence-electron chi connectivity index (χ4n) is 3.15. The quantitative estimate of drug-likeness (QED) is 0.753. The third-order valence-corrected chi connectivity index (χ3v) is 6.35. The van der Waals surface area contributed by atoms with Gasteiger partial charge in [-0.1, -0.05) is 0 Å². The number of imide groups is 1. The summed E-state index contributed by atoms with van der Waals surface area (Å²) in [6, 6.07) is 7.69. The molecule has 1 fully saturated rings. The first kappa shape index (κ1) is 16.0. The highest BCUT2D eigenvalue weighted by molar-refractivity contribution is 7.89. The molecule has 0 bridgehead atoms. The van der Waals surface area contributed by atoms with E-state index in [0.29, 0.717) is 18.8 Å². The smallest absolute Gasteiger partial charge is 0.243 e. The van der Waals surface area contributed by atoms with Crippen LogP contribution in [0.3, 0.4) is 0 Å². The van der Waals surface area contributed by atoms with Crippen LogP contribution < -0.4 is 4.90 Å². The number of fused-ring (bicyclic) bond motifs is 1. The maximum absolute atomic E-state index is 12.8. The van der Waals surface area contributed by atoms with Crippen LogP contribution in [-0.2, 0) is 32.7 Å². The van der Waals surface area contributed by atoms with E-state index in [0.717, 1.165) is 10.6 Å². The van der Waals surface area contributed by atoms with Crippen LogP contribution in [-0.4, -0.2) is 40.9 Å². The largest absolute Gasteiger partial charge is 0.274 e. The second-order valence-corrected chi connectivity index (χ2v) is 7.94. The second kappa shape index (κ2) is 5.78. The molecule has 130 valence electrons. The Kier molecular flexibility index (Phi) is 3.69. The molecule has 1 aromatic heterocycles. The van der Waals surface area contributed by atoms with Crippen LogP contribution in [0.25, 0.3) is 0 Å². The molecule has 4 rings (SSSR count). The molecule has 8 nitrogen and oxygen atoms in total. The Bertz CT molecular complexity index is 933.